The first-order chi connectivity index (χ1) is 12.7. The monoisotopic (exact) mass is 482 g/mol. The second-order valence-electron chi connectivity index (χ2n) is 6.25. The predicted octanol–water partition coefficient (Wildman–Crippen LogP) is 2.12. The van der Waals surface area contributed by atoms with E-state index < -0.39 is 0 Å². The summed E-state index contributed by atoms with van der Waals surface area (Å²) in [5.41, 5.74) is 1.96. The molecule has 1 aromatic heterocycles. The average molecular weight is 482 g/mol. The Hall–Kier alpha value is -2.10. The Bertz CT molecular complexity index is 753. The van der Waals surface area contributed by atoms with Crippen LogP contribution in [0, 0.1) is 0 Å². The van der Waals surface area contributed by atoms with Crippen molar-refractivity contribution in [2.45, 2.75) is 20.4 Å². The molecule has 0 bridgehead atoms. The Kier molecular flexibility index (Phi) is 8.08. The first kappa shape index (κ1) is 21.2. The number of aliphatic imine (C=N–C) groups is 1. The van der Waals surface area contributed by atoms with E-state index in [9.17, 15) is 4.79 Å². The molecule has 0 saturated carbocycles. The second kappa shape index (κ2) is 10.3. The highest BCUT2D eigenvalue weighted by molar-refractivity contribution is 14.0. The molecule has 0 atom stereocenters. The van der Waals surface area contributed by atoms with Crippen LogP contribution in [0.1, 0.15) is 19.5 Å². The van der Waals surface area contributed by atoms with Gasteiger partial charge in [-0.3, -0.25) is 4.79 Å². The molecule has 1 fully saturated rings. The molecule has 0 spiro atoms. The van der Waals surface area contributed by atoms with Gasteiger partial charge < -0.3 is 15.1 Å². The maximum atomic E-state index is 11.5. The third-order valence-corrected chi connectivity index (χ3v) is 4.42. The molecule has 1 saturated heterocycles. The van der Waals surface area contributed by atoms with Gasteiger partial charge in [-0.15, -0.1) is 24.0 Å². The predicted molar refractivity (Wildman–Crippen MR) is 118 cm³/mol. The molecule has 0 aliphatic carbocycles. The quantitative estimate of drug-likeness (QED) is 0.412. The van der Waals surface area contributed by atoms with E-state index in [4.69, 9.17) is 4.99 Å². The summed E-state index contributed by atoms with van der Waals surface area (Å²) in [4.78, 5) is 20.3. The van der Waals surface area contributed by atoms with Crippen molar-refractivity contribution < 1.29 is 4.79 Å². The fraction of sp³-hybridized carbons (Fsp3) is 0.421. The van der Waals surface area contributed by atoms with Gasteiger partial charge in [-0.1, -0.05) is 18.2 Å². The molecule has 27 heavy (non-hydrogen) atoms. The topological polar surface area (TPSA) is 65.8 Å². The fourth-order valence-electron chi connectivity index (χ4n) is 2.99. The van der Waals surface area contributed by atoms with E-state index in [-0.39, 0.29) is 29.9 Å². The van der Waals surface area contributed by atoms with Crippen molar-refractivity contribution in [1.29, 1.82) is 0 Å². The van der Waals surface area contributed by atoms with Crippen molar-refractivity contribution in [2.75, 3.05) is 32.7 Å². The highest BCUT2D eigenvalue weighted by Crippen LogP contribution is 2.08. The lowest BCUT2D eigenvalue weighted by molar-refractivity contribution is -0.130. The summed E-state index contributed by atoms with van der Waals surface area (Å²) in [5.74, 6) is 1.02. The number of hydrogen-bond donors (Lipinski definition) is 1. The molecule has 3 rings (SSSR count). The molecule has 8 heteroatoms. The normalized spacial score (nSPS) is 14.7. The Morgan fingerprint density at radius 2 is 1.78 bits per heavy atom. The van der Waals surface area contributed by atoms with E-state index in [1.807, 2.05) is 52.2 Å². The number of halogens is 1. The third kappa shape index (κ3) is 5.69. The van der Waals surface area contributed by atoms with E-state index in [2.05, 4.69) is 22.2 Å². The van der Waals surface area contributed by atoms with Gasteiger partial charge in [0.2, 0.25) is 5.91 Å². The van der Waals surface area contributed by atoms with Crippen LogP contribution in [0.2, 0.25) is 0 Å². The average Bonchev–Trinajstić information content (AvgIpc) is 3.15. The van der Waals surface area contributed by atoms with Crippen LogP contribution in [0.4, 0.5) is 0 Å². The van der Waals surface area contributed by atoms with Crippen molar-refractivity contribution in [2.24, 2.45) is 4.99 Å². The molecule has 2 aromatic rings. The summed E-state index contributed by atoms with van der Waals surface area (Å²) >= 11 is 0. The molecule has 1 N–H and O–H groups in total. The number of carbonyl (C=O) groups is 1. The molecule has 0 radical (unpaired) electrons. The molecule has 1 amide bonds. The summed E-state index contributed by atoms with van der Waals surface area (Å²) in [7, 11) is 0. The Balaban J connectivity index is 0.00000261. The molecular formula is C19H27IN6O. The maximum Gasteiger partial charge on any atom is 0.219 e. The zero-order valence-electron chi connectivity index (χ0n) is 15.8. The van der Waals surface area contributed by atoms with Crippen molar-refractivity contribution >= 4 is 35.8 Å². The van der Waals surface area contributed by atoms with Crippen LogP contribution in [0.5, 0.6) is 0 Å². The van der Waals surface area contributed by atoms with E-state index in [1.165, 1.54) is 0 Å². The van der Waals surface area contributed by atoms with E-state index in [0.29, 0.717) is 6.54 Å². The highest BCUT2D eigenvalue weighted by atomic mass is 127. The lowest BCUT2D eigenvalue weighted by Gasteiger charge is -2.36. The summed E-state index contributed by atoms with van der Waals surface area (Å²) in [6.45, 7) is 8.08. The Labute approximate surface area is 177 Å². The van der Waals surface area contributed by atoms with E-state index in [1.54, 1.807) is 6.92 Å². The van der Waals surface area contributed by atoms with Crippen LogP contribution < -0.4 is 5.32 Å². The summed E-state index contributed by atoms with van der Waals surface area (Å²) < 4.78 is 1.86. The summed E-state index contributed by atoms with van der Waals surface area (Å²) in [6.07, 6.45) is 1.96. The molecule has 2 heterocycles. The van der Waals surface area contributed by atoms with Gasteiger partial charge in [-0.05, 0) is 25.1 Å². The summed E-state index contributed by atoms with van der Waals surface area (Å²) in [5, 5.41) is 7.95. The Morgan fingerprint density at radius 1 is 1.11 bits per heavy atom. The number of carbonyl (C=O) groups excluding carboxylic acids is 1. The first-order valence-corrected chi connectivity index (χ1v) is 9.06. The number of nitrogens with one attached hydrogen (secondary N) is 1. The van der Waals surface area contributed by atoms with Crippen LogP contribution in [-0.2, 0) is 11.3 Å². The zero-order chi connectivity index (χ0) is 18.4. The van der Waals surface area contributed by atoms with Gasteiger partial charge in [-0.2, -0.15) is 5.10 Å². The van der Waals surface area contributed by atoms with Crippen LogP contribution in [0.3, 0.4) is 0 Å². The van der Waals surface area contributed by atoms with Gasteiger partial charge in [-0.25, -0.2) is 9.67 Å². The lowest BCUT2D eigenvalue weighted by Crippen LogP contribution is -2.53. The fourth-order valence-corrected chi connectivity index (χ4v) is 2.99. The van der Waals surface area contributed by atoms with Gasteiger partial charge in [0.1, 0.15) is 0 Å². The van der Waals surface area contributed by atoms with Crippen molar-refractivity contribution in [3.8, 4) is 5.69 Å². The SMILES string of the molecule is CCNC(=NCc1ccn(-c2ccccc2)n1)N1CCN(C(C)=O)CC1.I. The zero-order valence-corrected chi connectivity index (χ0v) is 18.2. The van der Waals surface area contributed by atoms with Gasteiger partial charge in [0.05, 0.1) is 17.9 Å². The minimum atomic E-state index is 0. The van der Waals surface area contributed by atoms with E-state index in [0.717, 1.165) is 50.1 Å². The number of rotatable bonds is 4. The molecular weight excluding hydrogens is 455 g/mol. The van der Waals surface area contributed by atoms with Crippen molar-refractivity contribution in [1.82, 2.24) is 24.9 Å². The number of guanidine groups is 1. The number of amides is 1. The largest absolute Gasteiger partial charge is 0.357 e. The highest BCUT2D eigenvalue weighted by Gasteiger charge is 2.20. The van der Waals surface area contributed by atoms with Crippen LogP contribution in [-0.4, -0.2) is 64.2 Å². The van der Waals surface area contributed by atoms with Gasteiger partial charge in [0.25, 0.3) is 0 Å². The van der Waals surface area contributed by atoms with Crippen LogP contribution >= 0.6 is 24.0 Å². The van der Waals surface area contributed by atoms with E-state index >= 15 is 0 Å². The number of piperazine rings is 1. The summed E-state index contributed by atoms with van der Waals surface area (Å²) in [6, 6.07) is 12.0. The maximum absolute atomic E-state index is 11.5. The minimum absolute atomic E-state index is 0. The number of benzene rings is 1. The smallest absolute Gasteiger partial charge is 0.219 e. The third-order valence-electron chi connectivity index (χ3n) is 4.42. The number of nitrogens with zero attached hydrogens (tertiary/aromatic N) is 5. The number of para-hydroxylation sites is 1. The Morgan fingerprint density at radius 3 is 2.41 bits per heavy atom. The van der Waals surface area contributed by atoms with Crippen LogP contribution in [0.25, 0.3) is 5.69 Å². The minimum Gasteiger partial charge on any atom is -0.357 e. The number of aromatic nitrogens is 2. The van der Waals surface area contributed by atoms with Crippen molar-refractivity contribution in [3.05, 3.63) is 48.3 Å². The van der Waals surface area contributed by atoms with Gasteiger partial charge in [0.15, 0.2) is 5.96 Å². The van der Waals surface area contributed by atoms with Crippen LogP contribution in [0.15, 0.2) is 47.6 Å². The van der Waals surface area contributed by atoms with Gasteiger partial charge in [0, 0.05) is 45.8 Å². The molecule has 1 aliphatic rings. The molecule has 0 unspecified atom stereocenters. The molecule has 146 valence electrons. The number of hydrogen-bond acceptors (Lipinski definition) is 3. The first-order valence-electron chi connectivity index (χ1n) is 9.06. The molecule has 7 nitrogen and oxygen atoms in total. The molecule has 1 aromatic carbocycles. The second-order valence-corrected chi connectivity index (χ2v) is 6.25. The van der Waals surface area contributed by atoms with Crippen molar-refractivity contribution in [3.63, 3.8) is 0 Å². The standard InChI is InChI=1S/C19H26N6O.HI/c1-3-20-19(24-13-11-23(12-14-24)16(2)26)21-15-17-9-10-25(22-17)18-7-5-4-6-8-18;/h4-10H,3,11-15H2,1-2H3,(H,20,21);1H. The lowest BCUT2D eigenvalue weighted by atomic mass is 10.3. The van der Waals surface area contributed by atoms with Gasteiger partial charge >= 0.3 is 0 Å². The molecule has 1 aliphatic heterocycles.